The molecule has 4 heteroatoms. The second-order valence-electron chi connectivity index (χ2n) is 5.11. The Labute approximate surface area is 121 Å². The highest BCUT2D eigenvalue weighted by atomic mass is 15.3. The average Bonchev–Trinajstić information content (AvgIpc) is 2.84. The van der Waals surface area contributed by atoms with Gasteiger partial charge in [0.2, 0.25) is 0 Å². The molecule has 0 saturated carbocycles. The molecule has 2 rings (SSSR count). The minimum atomic E-state index is 0.113. The predicted octanol–water partition coefficient (Wildman–Crippen LogP) is 2.52. The molecule has 0 saturated heterocycles. The van der Waals surface area contributed by atoms with Gasteiger partial charge in [-0.25, -0.2) is 0 Å². The summed E-state index contributed by atoms with van der Waals surface area (Å²) in [6.45, 7) is 7.18. The standard InChI is InChI=1S/C16H24N4/c1-4-13-6-8-14(9-7-13)16(18-17)11-15-10-12(3)19-20(15)5-2/h6-10,16,18H,4-5,11,17H2,1-3H3. The van der Waals surface area contributed by atoms with Crippen LogP contribution in [-0.4, -0.2) is 9.78 Å². The number of aromatic nitrogens is 2. The fraction of sp³-hybridized carbons (Fsp3) is 0.438. The Morgan fingerprint density at radius 3 is 2.50 bits per heavy atom. The molecule has 4 nitrogen and oxygen atoms in total. The summed E-state index contributed by atoms with van der Waals surface area (Å²) in [6, 6.07) is 10.9. The molecule has 3 N–H and O–H groups in total. The summed E-state index contributed by atoms with van der Waals surface area (Å²) in [5, 5.41) is 4.49. The topological polar surface area (TPSA) is 55.9 Å². The van der Waals surface area contributed by atoms with Gasteiger partial charge in [-0.05, 0) is 37.5 Å². The van der Waals surface area contributed by atoms with Crippen LogP contribution in [0.25, 0.3) is 0 Å². The Morgan fingerprint density at radius 2 is 1.95 bits per heavy atom. The van der Waals surface area contributed by atoms with Gasteiger partial charge in [0.25, 0.3) is 0 Å². The fourth-order valence-corrected chi connectivity index (χ4v) is 2.51. The van der Waals surface area contributed by atoms with Crippen LogP contribution in [0.2, 0.25) is 0 Å². The molecule has 1 atom stereocenters. The maximum absolute atomic E-state index is 5.74. The van der Waals surface area contributed by atoms with E-state index in [1.807, 2.05) is 11.6 Å². The number of nitrogens with one attached hydrogen (secondary N) is 1. The molecule has 108 valence electrons. The van der Waals surface area contributed by atoms with Crippen LogP contribution in [0.5, 0.6) is 0 Å². The Balaban J connectivity index is 2.19. The van der Waals surface area contributed by atoms with Crippen molar-refractivity contribution in [2.75, 3.05) is 0 Å². The summed E-state index contributed by atoms with van der Waals surface area (Å²) in [4.78, 5) is 0. The number of hydrogen-bond donors (Lipinski definition) is 2. The van der Waals surface area contributed by atoms with Crippen LogP contribution in [0, 0.1) is 6.92 Å². The zero-order chi connectivity index (χ0) is 14.5. The van der Waals surface area contributed by atoms with Gasteiger partial charge in [-0.1, -0.05) is 31.2 Å². The molecule has 0 radical (unpaired) electrons. The molecule has 1 heterocycles. The van der Waals surface area contributed by atoms with Crippen molar-refractivity contribution in [1.29, 1.82) is 0 Å². The Bertz CT molecular complexity index is 542. The predicted molar refractivity (Wildman–Crippen MR) is 82.2 cm³/mol. The van der Waals surface area contributed by atoms with Crippen LogP contribution in [0.1, 0.15) is 42.4 Å². The van der Waals surface area contributed by atoms with E-state index in [0.717, 1.165) is 25.1 Å². The quantitative estimate of drug-likeness (QED) is 0.627. The molecular weight excluding hydrogens is 248 g/mol. The smallest absolute Gasteiger partial charge is 0.0596 e. The molecule has 2 aromatic rings. The van der Waals surface area contributed by atoms with Gasteiger partial charge in [0.1, 0.15) is 0 Å². The van der Waals surface area contributed by atoms with Crippen molar-refractivity contribution in [3.8, 4) is 0 Å². The monoisotopic (exact) mass is 272 g/mol. The van der Waals surface area contributed by atoms with Gasteiger partial charge >= 0.3 is 0 Å². The summed E-state index contributed by atoms with van der Waals surface area (Å²) in [6.07, 6.45) is 1.90. The molecule has 0 aliphatic rings. The molecular formula is C16H24N4. The number of hydrogen-bond acceptors (Lipinski definition) is 3. The van der Waals surface area contributed by atoms with Crippen molar-refractivity contribution in [1.82, 2.24) is 15.2 Å². The molecule has 0 spiro atoms. The van der Waals surface area contributed by atoms with Crippen LogP contribution in [0.3, 0.4) is 0 Å². The summed E-state index contributed by atoms with van der Waals surface area (Å²) in [5.74, 6) is 5.74. The third-order valence-corrected chi connectivity index (χ3v) is 3.69. The van der Waals surface area contributed by atoms with Crippen molar-refractivity contribution >= 4 is 0 Å². The van der Waals surface area contributed by atoms with Crippen molar-refractivity contribution in [3.63, 3.8) is 0 Å². The van der Waals surface area contributed by atoms with Gasteiger partial charge in [-0.2, -0.15) is 5.10 Å². The van der Waals surface area contributed by atoms with Crippen molar-refractivity contribution in [2.24, 2.45) is 5.84 Å². The number of rotatable bonds is 6. The highest BCUT2D eigenvalue weighted by Crippen LogP contribution is 2.19. The average molecular weight is 272 g/mol. The zero-order valence-electron chi connectivity index (χ0n) is 12.6. The molecule has 1 aromatic heterocycles. The number of benzene rings is 1. The van der Waals surface area contributed by atoms with E-state index >= 15 is 0 Å². The van der Waals surface area contributed by atoms with Gasteiger partial charge in [-0.15, -0.1) is 0 Å². The van der Waals surface area contributed by atoms with E-state index < -0.39 is 0 Å². The van der Waals surface area contributed by atoms with Gasteiger partial charge in [0, 0.05) is 18.7 Å². The number of nitrogens with two attached hydrogens (primary N) is 1. The molecule has 1 unspecified atom stereocenters. The molecule has 0 fully saturated rings. The summed E-state index contributed by atoms with van der Waals surface area (Å²) in [7, 11) is 0. The van der Waals surface area contributed by atoms with Crippen LogP contribution >= 0.6 is 0 Å². The number of hydrazine groups is 1. The fourth-order valence-electron chi connectivity index (χ4n) is 2.51. The normalized spacial score (nSPS) is 12.6. The Kier molecular flexibility index (Phi) is 4.93. The first-order valence-electron chi connectivity index (χ1n) is 7.26. The molecule has 1 aromatic carbocycles. The lowest BCUT2D eigenvalue weighted by Gasteiger charge is -2.17. The highest BCUT2D eigenvalue weighted by Gasteiger charge is 2.14. The SMILES string of the molecule is CCc1ccc(C(Cc2cc(C)nn2CC)NN)cc1. The molecule has 0 bridgehead atoms. The van der Waals surface area contributed by atoms with Gasteiger partial charge in [0.15, 0.2) is 0 Å². The second kappa shape index (κ2) is 6.68. The lowest BCUT2D eigenvalue weighted by atomic mass is 10.0. The summed E-state index contributed by atoms with van der Waals surface area (Å²) >= 11 is 0. The van der Waals surface area contributed by atoms with Crippen molar-refractivity contribution in [3.05, 3.63) is 52.8 Å². The maximum atomic E-state index is 5.74. The van der Waals surface area contributed by atoms with Gasteiger partial charge < -0.3 is 0 Å². The number of nitrogens with zero attached hydrogens (tertiary/aromatic N) is 2. The van der Waals surface area contributed by atoms with E-state index in [9.17, 15) is 0 Å². The minimum absolute atomic E-state index is 0.113. The van der Waals surface area contributed by atoms with E-state index in [0.29, 0.717) is 0 Å². The molecule has 0 aliphatic carbocycles. The Morgan fingerprint density at radius 1 is 1.25 bits per heavy atom. The van der Waals surface area contributed by atoms with Gasteiger partial charge in [-0.3, -0.25) is 16.0 Å². The van der Waals surface area contributed by atoms with E-state index in [-0.39, 0.29) is 6.04 Å². The van der Waals surface area contributed by atoms with E-state index in [2.05, 4.69) is 54.7 Å². The third-order valence-electron chi connectivity index (χ3n) is 3.69. The molecule has 0 amide bonds. The van der Waals surface area contributed by atoms with E-state index in [4.69, 9.17) is 5.84 Å². The summed E-state index contributed by atoms with van der Waals surface area (Å²) < 4.78 is 2.04. The van der Waals surface area contributed by atoms with Crippen molar-refractivity contribution < 1.29 is 0 Å². The number of aryl methyl sites for hydroxylation is 3. The van der Waals surface area contributed by atoms with Crippen LogP contribution in [-0.2, 0) is 19.4 Å². The highest BCUT2D eigenvalue weighted by molar-refractivity contribution is 5.26. The van der Waals surface area contributed by atoms with Crippen LogP contribution < -0.4 is 11.3 Å². The van der Waals surface area contributed by atoms with Crippen LogP contribution in [0.4, 0.5) is 0 Å². The van der Waals surface area contributed by atoms with Crippen molar-refractivity contribution in [2.45, 2.75) is 46.2 Å². The third kappa shape index (κ3) is 3.26. The van der Waals surface area contributed by atoms with E-state index in [1.165, 1.54) is 16.8 Å². The Hall–Kier alpha value is -1.65. The maximum Gasteiger partial charge on any atom is 0.0596 e. The first-order chi connectivity index (χ1) is 9.67. The first kappa shape index (κ1) is 14.8. The largest absolute Gasteiger partial charge is 0.271 e. The van der Waals surface area contributed by atoms with Crippen LogP contribution in [0.15, 0.2) is 30.3 Å². The van der Waals surface area contributed by atoms with E-state index in [1.54, 1.807) is 0 Å². The van der Waals surface area contributed by atoms with Gasteiger partial charge in [0.05, 0.1) is 11.7 Å². The summed E-state index contributed by atoms with van der Waals surface area (Å²) in [5.41, 5.74) is 7.75. The molecule has 0 aliphatic heterocycles. The lowest BCUT2D eigenvalue weighted by molar-refractivity contribution is 0.517. The lowest BCUT2D eigenvalue weighted by Crippen LogP contribution is -2.30. The first-order valence-corrected chi connectivity index (χ1v) is 7.26. The zero-order valence-corrected chi connectivity index (χ0v) is 12.6. The minimum Gasteiger partial charge on any atom is -0.271 e. The molecule has 20 heavy (non-hydrogen) atoms. The second-order valence-corrected chi connectivity index (χ2v) is 5.11.